The summed E-state index contributed by atoms with van der Waals surface area (Å²) < 4.78 is 9.00. The fraction of sp³-hybridized carbons (Fsp3) is 0.0156. The summed E-state index contributed by atoms with van der Waals surface area (Å²) in [6.07, 6.45) is 0. The number of benzene rings is 18. The highest BCUT2D eigenvalue weighted by Gasteiger charge is 2.31. The Morgan fingerprint density at radius 2 is 0.451 bits per heavy atom. The van der Waals surface area contributed by atoms with Crippen LogP contribution in [0.5, 0.6) is 0 Å². The predicted octanol–water partition coefficient (Wildman–Crippen LogP) is 30.8. The lowest BCUT2D eigenvalue weighted by Crippen LogP contribution is -2.06. The van der Waals surface area contributed by atoms with Crippen LogP contribution in [0.3, 0.4) is 0 Å². The van der Waals surface area contributed by atoms with Gasteiger partial charge in [0.2, 0.25) is 0 Å². The Balaban J connectivity index is 0.778. The van der Waals surface area contributed by atoms with E-state index in [0.717, 1.165) is 210 Å². The van der Waals surface area contributed by atoms with Gasteiger partial charge in [-0.25, -0.2) is 4.98 Å². The summed E-state index contributed by atoms with van der Waals surface area (Å²) in [6, 6.07) is 153. The second-order valence-corrected chi connectivity index (χ2v) is 35.6. The lowest BCUT2D eigenvalue weighted by atomic mass is 9.89. The van der Waals surface area contributed by atoms with E-state index < -0.39 is 0 Å². The maximum atomic E-state index is 12.0. The molecule has 6 heterocycles. The van der Waals surface area contributed by atoms with Crippen molar-refractivity contribution in [3.8, 4) is 194 Å². The van der Waals surface area contributed by atoms with Crippen molar-refractivity contribution in [2.75, 3.05) is 0 Å². The highest BCUT2D eigenvalue weighted by atomic mass is 15.0. The minimum Gasteiger partial charge on any atom is -0.308 e. The maximum absolute atomic E-state index is 12.0. The zero-order chi connectivity index (χ0) is 96.1. The molecule has 14 nitrogen and oxygen atoms in total. The molecule has 0 spiro atoms. The average Bonchev–Trinajstić information content (AvgIpc) is 1.55. The number of fused-ring (bicyclic) bond motifs is 12. The summed E-state index contributed by atoms with van der Waals surface area (Å²) in [4.78, 5) is 10.5. The van der Waals surface area contributed by atoms with Crippen LogP contribution in [0, 0.1) is 104 Å². The minimum absolute atomic E-state index is 0.329. The largest absolute Gasteiger partial charge is 0.308 e. The summed E-state index contributed by atoms with van der Waals surface area (Å²) in [5.74, 6) is 0. The van der Waals surface area contributed by atoms with Gasteiger partial charge in [-0.3, -0.25) is 4.98 Å². The molecule has 0 bridgehead atoms. The van der Waals surface area contributed by atoms with Crippen molar-refractivity contribution < 1.29 is 0 Å². The first-order chi connectivity index (χ1) is 69.9. The number of hydrogen-bond acceptors (Lipinski definition) is 10. The highest BCUT2D eigenvalue weighted by molar-refractivity contribution is 6.18. The Labute approximate surface area is 816 Å². The van der Waals surface area contributed by atoms with Gasteiger partial charge in [0.25, 0.3) is 0 Å². The normalized spacial score (nSPS) is 11.3. The third-order valence-electron chi connectivity index (χ3n) is 27.6. The fourth-order valence-corrected chi connectivity index (χ4v) is 21.4. The number of aromatic nitrogens is 6. The Hall–Kier alpha value is -20.6. The van der Waals surface area contributed by atoms with Gasteiger partial charge in [0, 0.05) is 82.3 Å². The molecular weight excluding hydrogens is 1730 g/mol. The van der Waals surface area contributed by atoms with Crippen LogP contribution in [-0.2, 0) is 0 Å². The predicted molar refractivity (Wildman–Crippen MR) is 566 cm³/mol. The Bertz CT molecular complexity index is 9760. The van der Waals surface area contributed by atoms with Gasteiger partial charge < -0.3 is 18.3 Å². The second kappa shape index (κ2) is 34.4. The lowest BCUT2D eigenvalue weighted by Gasteiger charge is -2.22. The molecule has 14 heteroatoms. The lowest BCUT2D eigenvalue weighted by molar-refractivity contribution is 1.11. The van der Waals surface area contributed by atoms with Gasteiger partial charge in [0.05, 0.1) is 171 Å². The molecule has 24 aromatic rings. The van der Waals surface area contributed by atoms with Crippen molar-refractivity contribution in [2.24, 2.45) is 0 Å². The first-order valence-corrected chi connectivity index (χ1v) is 46.4. The summed E-state index contributed by atoms with van der Waals surface area (Å²) in [6.45, 7) is 3.96. The van der Waals surface area contributed by atoms with E-state index in [0.29, 0.717) is 78.4 Å². The zero-order valence-electron chi connectivity index (χ0n) is 76.4. The fourth-order valence-electron chi connectivity index (χ4n) is 21.4. The number of rotatable bonds is 15. The molecule has 142 heavy (non-hydrogen) atoms. The molecule has 0 radical (unpaired) electrons. The molecule has 0 amide bonds. The summed E-state index contributed by atoms with van der Waals surface area (Å²) in [5, 5.41) is 96.7. The van der Waals surface area contributed by atoms with Crippen LogP contribution in [0.1, 0.15) is 55.9 Å². The van der Waals surface area contributed by atoms with E-state index >= 15 is 0 Å². The first-order valence-electron chi connectivity index (χ1n) is 46.4. The molecule has 6 aromatic heterocycles. The van der Waals surface area contributed by atoms with Crippen LogP contribution in [0.15, 0.2) is 400 Å². The van der Waals surface area contributed by atoms with Crippen LogP contribution < -0.4 is 0 Å². The molecule has 0 aliphatic rings. The standard InChI is InChI=1S/C128H72N14/c1-77-54-96(55-78(2)137-77)127-124(141-118-65-86(100-34-16-11-28-92(100)73-133)40-47-105(118)106-48-41-87(66-119(106)141)101-35-17-12-29-93(101)74-134)58-80(70-130)59-125(127)142-120-67-88(102-36-18-13-30-94(102)75-135)42-49-107(120)108-50-43-89(68-121(108)142)126-95(76-136)31-21-38-103(126)85-46-53-117-111(62-85)110-61-84(99-33-15-10-27-91(99)72-132)45-52-116(110)140(117)123-57-79(69-129)56-122(128(123)97-63-112(81-22-5-3-6-23-81)138-113(64-97)82-24-7-4-8-25-82)139-114-39-20-19-37-104(114)109-60-83(44-51-115(109)139)98-32-14-9-26-90(98)71-131/h3-68H,1-2H3. The molecule has 0 unspecified atom stereocenters. The van der Waals surface area contributed by atoms with Gasteiger partial charge in [-0.2, -0.15) is 42.1 Å². The van der Waals surface area contributed by atoms with E-state index in [9.17, 15) is 42.1 Å². The molecule has 24 rings (SSSR count). The average molecular weight is 1810 g/mol. The third kappa shape index (κ3) is 13.9. The van der Waals surface area contributed by atoms with Crippen LogP contribution in [0.2, 0.25) is 0 Å². The van der Waals surface area contributed by atoms with E-state index in [1.165, 1.54) is 0 Å². The molecule has 0 fully saturated rings. The Morgan fingerprint density at radius 3 is 0.824 bits per heavy atom. The molecule has 0 atom stereocenters. The zero-order valence-corrected chi connectivity index (χ0v) is 76.4. The topological polar surface area (TPSA) is 236 Å². The third-order valence-corrected chi connectivity index (χ3v) is 27.6. The molecule has 0 aliphatic heterocycles. The van der Waals surface area contributed by atoms with Crippen molar-refractivity contribution in [3.05, 3.63) is 456 Å². The summed E-state index contributed by atoms with van der Waals surface area (Å²) >= 11 is 0. The second-order valence-electron chi connectivity index (χ2n) is 35.6. The quantitative estimate of drug-likeness (QED) is 0.0941. The van der Waals surface area contributed by atoms with Crippen molar-refractivity contribution in [1.29, 1.82) is 42.1 Å². The molecule has 0 saturated carbocycles. The van der Waals surface area contributed by atoms with Gasteiger partial charge >= 0.3 is 0 Å². The maximum Gasteiger partial charge on any atom is 0.0998 e. The number of hydrogen-bond donors (Lipinski definition) is 0. The van der Waals surface area contributed by atoms with Crippen molar-refractivity contribution in [2.45, 2.75) is 13.8 Å². The molecule has 0 aliphatic carbocycles. The number of aryl methyl sites for hydroxylation is 2. The minimum atomic E-state index is 0.329. The Kier molecular flexibility index (Phi) is 20.4. The number of nitriles is 8. The van der Waals surface area contributed by atoms with Crippen LogP contribution in [-0.4, -0.2) is 28.2 Å². The molecular formula is C128H72N14. The van der Waals surface area contributed by atoms with Crippen molar-refractivity contribution in [3.63, 3.8) is 0 Å². The van der Waals surface area contributed by atoms with E-state index in [4.69, 9.17) is 9.97 Å². The van der Waals surface area contributed by atoms with Crippen molar-refractivity contribution in [1.82, 2.24) is 28.2 Å². The van der Waals surface area contributed by atoms with Crippen molar-refractivity contribution >= 4 is 87.2 Å². The number of pyridine rings is 2. The van der Waals surface area contributed by atoms with Crippen LogP contribution in [0.4, 0.5) is 0 Å². The van der Waals surface area contributed by atoms with Crippen LogP contribution >= 0.6 is 0 Å². The summed E-state index contributed by atoms with van der Waals surface area (Å²) in [7, 11) is 0. The summed E-state index contributed by atoms with van der Waals surface area (Å²) in [5.41, 5.74) is 31.1. The van der Waals surface area contributed by atoms with Gasteiger partial charge in [0.15, 0.2) is 0 Å². The molecule has 654 valence electrons. The number of nitrogens with zero attached hydrogens (tertiary/aromatic N) is 14. The van der Waals surface area contributed by atoms with Gasteiger partial charge in [-0.15, -0.1) is 0 Å². The number of para-hydroxylation sites is 1. The van der Waals surface area contributed by atoms with Gasteiger partial charge in [-0.1, -0.05) is 249 Å². The molecule has 18 aromatic carbocycles. The Morgan fingerprint density at radius 1 is 0.176 bits per heavy atom. The first kappa shape index (κ1) is 84.4. The van der Waals surface area contributed by atoms with Crippen LogP contribution in [0.25, 0.3) is 233 Å². The molecule has 0 saturated heterocycles. The smallest absolute Gasteiger partial charge is 0.0998 e. The van der Waals surface area contributed by atoms with E-state index in [-0.39, 0.29) is 0 Å². The van der Waals surface area contributed by atoms with E-state index in [1.54, 1.807) is 0 Å². The highest BCUT2D eigenvalue weighted by Crippen LogP contribution is 2.52. The van der Waals surface area contributed by atoms with E-state index in [1.807, 2.05) is 232 Å². The van der Waals surface area contributed by atoms with E-state index in [2.05, 4.69) is 249 Å². The van der Waals surface area contributed by atoms with Gasteiger partial charge in [-0.05, 0) is 249 Å². The van der Waals surface area contributed by atoms with Gasteiger partial charge in [0.1, 0.15) is 0 Å². The molecule has 0 N–H and O–H groups in total. The monoisotopic (exact) mass is 1800 g/mol. The SMILES string of the molecule is Cc1cc(-c2c(-n3c4cc(-c5ccccc5C#N)ccc4c4ccc(-c5ccccc5C#N)cc43)cc(C#N)cc2-n2c3cc(-c4ccccc4C#N)ccc3c3ccc(-c4c(C#N)cccc4-c4ccc5c(c4)c4cc(-c6ccccc6C#N)ccc4n5-c4cc(C#N)cc(-n5c6ccccc6c6cc(-c7ccccc7C#N)ccc65)c4-c4cc(-c5ccccc5)nc(-c5ccccc5)c4)cc32)cc(C)n1.